The normalized spacial score (nSPS) is 10.5. The van der Waals surface area contributed by atoms with Crippen LogP contribution < -0.4 is 10.7 Å². The Bertz CT molecular complexity index is 925. The summed E-state index contributed by atoms with van der Waals surface area (Å²) in [6.07, 6.45) is 4.78. The third-order valence-corrected chi connectivity index (χ3v) is 3.52. The lowest BCUT2D eigenvalue weighted by atomic mass is 10.1. The number of hydrogen-bond acceptors (Lipinski definition) is 4. The Hall–Kier alpha value is -3.80. The average Bonchev–Trinajstić information content (AvgIpc) is 2.70. The molecule has 0 aliphatic carbocycles. The molecule has 6 nitrogen and oxygen atoms in total. The third-order valence-electron chi connectivity index (χ3n) is 3.52. The minimum atomic E-state index is -0.422. The molecular formula is C20H16N4O2. The number of pyridine rings is 1. The number of carbonyl (C=O) groups is 2. The van der Waals surface area contributed by atoms with Gasteiger partial charge >= 0.3 is 0 Å². The Morgan fingerprint density at radius 1 is 0.885 bits per heavy atom. The van der Waals surface area contributed by atoms with Gasteiger partial charge in [-0.3, -0.25) is 14.6 Å². The van der Waals surface area contributed by atoms with Crippen LogP contribution in [0.2, 0.25) is 0 Å². The van der Waals surface area contributed by atoms with E-state index in [0.717, 1.165) is 5.56 Å². The van der Waals surface area contributed by atoms with Gasteiger partial charge in [0.1, 0.15) is 0 Å². The molecule has 128 valence electrons. The zero-order valence-corrected chi connectivity index (χ0v) is 13.8. The number of aromatic nitrogens is 1. The highest BCUT2D eigenvalue weighted by Gasteiger charge is 2.13. The van der Waals surface area contributed by atoms with Crippen molar-refractivity contribution in [2.75, 3.05) is 5.32 Å². The second-order valence-corrected chi connectivity index (χ2v) is 5.35. The van der Waals surface area contributed by atoms with E-state index in [9.17, 15) is 9.59 Å². The minimum Gasteiger partial charge on any atom is -0.321 e. The molecule has 0 aliphatic heterocycles. The highest BCUT2D eigenvalue weighted by Crippen LogP contribution is 2.16. The molecule has 26 heavy (non-hydrogen) atoms. The fourth-order valence-electron chi connectivity index (χ4n) is 2.25. The first-order chi connectivity index (χ1) is 12.7. The number of hydrazone groups is 1. The maximum absolute atomic E-state index is 12.4. The lowest BCUT2D eigenvalue weighted by Crippen LogP contribution is -2.21. The predicted octanol–water partition coefficient (Wildman–Crippen LogP) is 3.10. The van der Waals surface area contributed by atoms with E-state index in [-0.39, 0.29) is 5.91 Å². The maximum atomic E-state index is 12.4. The van der Waals surface area contributed by atoms with Gasteiger partial charge in [-0.25, -0.2) is 5.43 Å². The second-order valence-electron chi connectivity index (χ2n) is 5.35. The van der Waals surface area contributed by atoms with Crippen molar-refractivity contribution in [3.05, 3.63) is 95.8 Å². The van der Waals surface area contributed by atoms with Crippen LogP contribution >= 0.6 is 0 Å². The fourth-order valence-corrected chi connectivity index (χ4v) is 2.25. The number of para-hydroxylation sites is 1. The van der Waals surface area contributed by atoms with Crippen LogP contribution in [0.3, 0.4) is 0 Å². The van der Waals surface area contributed by atoms with Crippen LogP contribution in [0.15, 0.2) is 84.2 Å². The Morgan fingerprint density at radius 2 is 1.65 bits per heavy atom. The molecule has 1 heterocycles. The van der Waals surface area contributed by atoms with E-state index in [1.54, 1.807) is 67.0 Å². The molecule has 6 heteroatoms. The smallest absolute Gasteiger partial charge is 0.273 e. The van der Waals surface area contributed by atoms with Crippen LogP contribution in [-0.2, 0) is 0 Å². The average molecular weight is 344 g/mol. The highest BCUT2D eigenvalue weighted by atomic mass is 16.2. The molecular weight excluding hydrogens is 328 g/mol. The van der Waals surface area contributed by atoms with Crippen molar-refractivity contribution in [2.24, 2.45) is 5.10 Å². The van der Waals surface area contributed by atoms with E-state index in [1.165, 1.54) is 6.21 Å². The number of nitrogens with one attached hydrogen (secondary N) is 2. The Morgan fingerprint density at radius 3 is 2.42 bits per heavy atom. The Labute approximate surface area is 150 Å². The highest BCUT2D eigenvalue weighted by molar-refractivity contribution is 6.09. The fraction of sp³-hybridized carbons (Fsp3) is 0. The van der Waals surface area contributed by atoms with E-state index in [0.29, 0.717) is 16.8 Å². The van der Waals surface area contributed by atoms with Gasteiger partial charge in [0.2, 0.25) is 0 Å². The van der Waals surface area contributed by atoms with E-state index < -0.39 is 5.91 Å². The minimum absolute atomic E-state index is 0.287. The molecule has 2 N–H and O–H groups in total. The molecule has 0 fully saturated rings. The summed E-state index contributed by atoms with van der Waals surface area (Å²) >= 11 is 0. The molecule has 0 atom stereocenters. The number of anilines is 1. The van der Waals surface area contributed by atoms with Crippen molar-refractivity contribution in [1.29, 1.82) is 0 Å². The molecule has 0 radical (unpaired) electrons. The lowest BCUT2D eigenvalue weighted by molar-refractivity contribution is 0.0956. The predicted molar refractivity (Wildman–Crippen MR) is 100 cm³/mol. The maximum Gasteiger partial charge on any atom is 0.273 e. The van der Waals surface area contributed by atoms with Crippen molar-refractivity contribution in [3.8, 4) is 0 Å². The first-order valence-electron chi connectivity index (χ1n) is 7.93. The number of amides is 2. The van der Waals surface area contributed by atoms with Gasteiger partial charge < -0.3 is 5.32 Å². The molecule has 0 saturated heterocycles. The molecule has 3 rings (SSSR count). The molecule has 0 spiro atoms. The summed E-state index contributed by atoms with van der Waals surface area (Å²) in [6.45, 7) is 0. The van der Waals surface area contributed by atoms with Gasteiger partial charge in [-0.2, -0.15) is 5.10 Å². The van der Waals surface area contributed by atoms with Crippen LogP contribution in [0.5, 0.6) is 0 Å². The summed E-state index contributed by atoms with van der Waals surface area (Å²) in [4.78, 5) is 28.7. The van der Waals surface area contributed by atoms with Crippen molar-refractivity contribution < 1.29 is 9.59 Å². The van der Waals surface area contributed by atoms with Crippen molar-refractivity contribution in [2.45, 2.75) is 0 Å². The van der Waals surface area contributed by atoms with Crippen molar-refractivity contribution >= 4 is 23.7 Å². The topological polar surface area (TPSA) is 83.5 Å². The quantitative estimate of drug-likeness (QED) is 0.551. The summed E-state index contributed by atoms with van der Waals surface area (Å²) in [6, 6.07) is 19.1. The Kier molecular flexibility index (Phi) is 5.47. The molecule has 0 unspecified atom stereocenters. The van der Waals surface area contributed by atoms with Crippen LogP contribution in [-0.4, -0.2) is 23.0 Å². The number of benzene rings is 2. The molecule has 2 amide bonds. The lowest BCUT2D eigenvalue weighted by Gasteiger charge is -2.10. The van der Waals surface area contributed by atoms with E-state index in [4.69, 9.17) is 0 Å². The molecule has 1 aromatic heterocycles. The second kappa shape index (κ2) is 8.34. The number of hydrogen-bond donors (Lipinski definition) is 2. The van der Waals surface area contributed by atoms with Gasteiger partial charge in [0.25, 0.3) is 11.8 Å². The van der Waals surface area contributed by atoms with Crippen LogP contribution in [0.25, 0.3) is 0 Å². The summed E-state index contributed by atoms with van der Waals surface area (Å²) in [5.74, 6) is -0.709. The number of rotatable bonds is 5. The zero-order valence-electron chi connectivity index (χ0n) is 13.8. The number of carbonyl (C=O) groups excluding carboxylic acids is 2. The van der Waals surface area contributed by atoms with Gasteiger partial charge in [0, 0.05) is 23.5 Å². The van der Waals surface area contributed by atoms with Crippen molar-refractivity contribution in [3.63, 3.8) is 0 Å². The standard InChI is InChI=1S/C20H16N4O2/c25-19(16-8-2-1-3-9-16)23-18-11-5-4-10-17(18)20(26)24-22-14-15-7-6-12-21-13-15/h1-14H,(H,23,25)(H,24,26)/b22-14+. The largest absolute Gasteiger partial charge is 0.321 e. The summed E-state index contributed by atoms with van der Waals surface area (Å²) in [5.41, 5.74) is 4.46. The van der Waals surface area contributed by atoms with Crippen LogP contribution in [0, 0.1) is 0 Å². The van der Waals surface area contributed by atoms with Gasteiger partial charge in [0.05, 0.1) is 17.5 Å². The van der Waals surface area contributed by atoms with Crippen LogP contribution in [0.4, 0.5) is 5.69 Å². The van der Waals surface area contributed by atoms with E-state index >= 15 is 0 Å². The summed E-state index contributed by atoms with van der Waals surface area (Å²) in [7, 11) is 0. The zero-order chi connectivity index (χ0) is 18.2. The molecule has 3 aromatic rings. The monoisotopic (exact) mass is 344 g/mol. The van der Waals surface area contributed by atoms with E-state index in [1.807, 2.05) is 12.1 Å². The Balaban J connectivity index is 1.71. The molecule has 0 aliphatic rings. The molecule has 2 aromatic carbocycles. The van der Waals surface area contributed by atoms with Crippen molar-refractivity contribution in [1.82, 2.24) is 10.4 Å². The van der Waals surface area contributed by atoms with E-state index in [2.05, 4.69) is 20.8 Å². The SMILES string of the molecule is O=C(Nc1ccccc1C(=O)N/N=C/c1cccnc1)c1ccccc1. The number of nitrogens with zero attached hydrogens (tertiary/aromatic N) is 2. The molecule has 0 saturated carbocycles. The summed E-state index contributed by atoms with van der Waals surface area (Å²) < 4.78 is 0. The van der Waals surface area contributed by atoms with Gasteiger partial charge in [-0.1, -0.05) is 36.4 Å². The third kappa shape index (κ3) is 4.39. The summed E-state index contributed by atoms with van der Waals surface area (Å²) in [5, 5.41) is 6.67. The first-order valence-corrected chi connectivity index (χ1v) is 7.93. The van der Waals surface area contributed by atoms with Crippen LogP contribution in [0.1, 0.15) is 26.3 Å². The van der Waals surface area contributed by atoms with Gasteiger partial charge in [-0.05, 0) is 30.3 Å². The first kappa shape index (κ1) is 17.0. The van der Waals surface area contributed by atoms with Gasteiger partial charge in [-0.15, -0.1) is 0 Å². The molecule has 0 bridgehead atoms. The van der Waals surface area contributed by atoms with Gasteiger partial charge in [0.15, 0.2) is 0 Å².